The monoisotopic (exact) mass is 279 g/mol. The topological polar surface area (TPSA) is 58.8 Å². The molecule has 0 unspecified atom stereocenters. The average molecular weight is 279 g/mol. The third kappa shape index (κ3) is 2.90. The minimum absolute atomic E-state index is 0.0943. The molecule has 2 heterocycles. The second-order valence-corrected chi connectivity index (χ2v) is 5.97. The fraction of sp³-hybridized carbons (Fsp3) is 0.312. The molecule has 0 bridgehead atoms. The van der Waals surface area contributed by atoms with E-state index < -0.39 is 0 Å². The Morgan fingerprint density at radius 1 is 1.33 bits per heavy atom. The van der Waals surface area contributed by atoms with Crippen LogP contribution in [-0.2, 0) is 5.41 Å². The molecule has 5 heteroatoms. The van der Waals surface area contributed by atoms with Crippen LogP contribution < -0.4 is 4.65 Å². The first kappa shape index (κ1) is 15.1. The molecule has 0 aliphatic rings. The van der Waals surface area contributed by atoms with E-state index >= 15 is 0 Å². The molecule has 0 spiro atoms. The van der Waals surface area contributed by atoms with E-state index in [0.29, 0.717) is 17.1 Å². The molecule has 0 saturated carbocycles. The average Bonchev–Trinajstić information content (AvgIpc) is 2.45. The zero-order chi connectivity index (χ0) is 15.6. The summed E-state index contributed by atoms with van der Waals surface area (Å²) in [6, 6.07) is 7.92. The van der Waals surface area contributed by atoms with E-state index in [1.807, 2.05) is 25.1 Å². The lowest BCUT2D eigenvalue weighted by molar-refractivity contribution is 0.567. The van der Waals surface area contributed by atoms with Gasteiger partial charge in [0.1, 0.15) is 6.07 Å². The van der Waals surface area contributed by atoms with Crippen molar-refractivity contribution in [2.45, 2.75) is 33.1 Å². The molecule has 4 nitrogen and oxygen atoms in total. The molecule has 0 N–H and O–H groups in total. The van der Waals surface area contributed by atoms with Crippen LogP contribution in [0.3, 0.4) is 0 Å². The summed E-state index contributed by atoms with van der Waals surface area (Å²) in [4.78, 5) is 8.91. The second kappa shape index (κ2) is 5.57. The number of aromatic nitrogens is 2. The molecular weight excluding hydrogens is 261 g/mol. The zero-order valence-electron chi connectivity index (χ0n) is 13.1. The molecule has 0 amide bonds. The summed E-state index contributed by atoms with van der Waals surface area (Å²) >= 11 is 0. The predicted molar refractivity (Wildman–Crippen MR) is 84.8 cm³/mol. The third-order valence-corrected chi connectivity index (χ3v) is 3.32. The van der Waals surface area contributed by atoms with Crippen LogP contribution in [0.5, 0.6) is 5.88 Å². The number of nitrogens with zero attached hydrogens (tertiary/aromatic N) is 3. The highest BCUT2D eigenvalue weighted by atomic mass is 16.4. The largest absolute Gasteiger partial charge is 0.555 e. The first-order chi connectivity index (χ1) is 9.88. The van der Waals surface area contributed by atoms with E-state index in [1.54, 1.807) is 14.2 Å². The van der Waals surface area contributed by atoms with Crippen LogP contribution in [0.4, 0.5) is 0 Å². The van der Waals surface area contributed by atoms with E-state index in [-0.39, 0.29) is 5.41 Å². The lowest BCUT2D eigenvalue weighted by Crippen LogP contribution is -2.15. The normalized spacial score (nSPS) is 11.0. The van der Waals surface area contributed by atoms with Crippen molar-refractivity contribution in [2.24, 2.45) is 0 Å². The summed E-state index contributed by atoms with van der Waals surface area (Å²) in [7, 11) is 1.57. The number of rotatable bonds is 2. The molecule has 0 aliphatic heterocycles. The van der Waals surface area contributed by atoms with Gasteiger partial charge >= 0.3 is 8.05 Å². The van der Waals surface area contributed by atoms with E-state index in [0.717, 1.165) is 16.8 Å². The highest BCUT2D eigenvalue weighted by Gasteiger charge is 2.21. The van der Waals surface area contributed by atoms with Gasteiger partial charge in [0.05, 0.1) is 16.8 Å². The van der Waals surface area contributed by atoms with Crippen LogP contribution in [0.2, 0.25) is 0 Å². The van der Waals surface area contributed by atoms with Crippen molar-refractivity contribution in [3.05, 3.63) is 41.2 Å². The first-order valence-electron chi connectivity index (χ1n) is 6.80. The summed E-state index contributed by atoms with van der Waals surface area (Å²) in [6.07, 6.45) is 1.66. The Kier molecular flexibility index (Phi) is 3.99. The molecule has 21 heavy (non-hydrogen) atoms. The summed E-state index contributed by atoms with van der Waals surface area (Å²) in [6.45, 7) is 8.24. The maximum absolute atomic E-state index is 9.47. The van der Waals surface area contributed by atoms with Crippen molar-refractivity contribution in [3.63, 3.8) is 0 Å². The first-order valence-corrected chi connectivity index (χ1v) is 6.80. The Labute approximate surface area is 126 Å². The Balaban J connectivity index is 2.78. The van der Waals surface area contributed by atoms with Gasteiger partial charge in [0.2, 0.25) is 5.88 Å². The van der Waals surface area contributed by atoms with E-state index in [2.05, 4.69) is 31.8 Å². The van der Waals surface area contributed by atoms with E-state index in [1.165, 1.54) is 0 Å². The van der Waals surface area contributed by atoms with Crippen molar-refractivity contribution in [1.29, 1.82) is 5.26 Å². The molecule has 0 aliphatic carbocycles. The standard InChI is InChI=1S/C16H18BN3O/c1-10-8-13(16(2,3)4)20-14(12(10)9-18)11-6-5-7-19-15(11)21-17/h5-8H,17H2,1-4H3. The molecule has 2 aromatic heterocycles. The van der Waals surface area contributed by atoms with Gasteiger partial charge < -0.3 is 4.65 Å². The van der Waals surface area contributed by atoms with Crippen molar-refractivity contribution < 1.29 is 4.65 Å². The van der Waals surface area contributed by atoms with Crippen molar-refractivity contribution in [3.8, 4) is 23.2 Å². The Hall–Kier alpha value is -2.35. The molecule has 106 valence electrons. The molecular formula is C16H18BN3O. The molecule has 0 atom stereocenters. The van der Waals surface area contributed by atoms with Crippen LogP contribution in [0.25, 0.3) is 11.3 Å². The minimum Gasteiger partial charge on any atom is -0.555 e. The third-order valence-electron chi connectivity index (χ3n) is 3.32. The lowest BCUT2D eigenvalue weighted by atomic mass is 9.89. The molecule has 0 aromatic carbocycles. The Morgan fingerprint density at radius 2 is 2.05 bits per heavy atom. The SMILES string of the molecule is BOc1ncccc1-c1nc(C(C)(C)C)cc(C)c1C#N. The van der Waals surface area contributed by atoms with Crippen molar-refractivity contribution in [1.82, 2.24) is 9.97 Å². The summed E-state index contributed by atoms with van der Waals surface area (Å²) in [5.41, 5.74) is 3.70. The quantitative estimate of drug-likeness (QED) is 0.793. The maximum Gasteiger partial charge on any atom is 0.324 e. The van der Waals surface area contributed by atoms with Crippen LogP contribution in [0.15, 0.2) is 24.4 Å². The smallest absolute Gasteiger partial charge is 0.324 e. The Bertz CT molecular complexity index is 714. The van der Waals surface area contributed by atoms with Gasteiger partial charge in [0, 0.05) is 17.3 Å². The van der Waals surface area contributed by atoms with Gasteiger partial charge in [-0.05, 0) is 30.7 Å². The van der Waals surface area contributed by atoms with Gasteiger partial charge in [0.15, 0.2) is 0 Å². The minimum atomic E-state index is -0.0943. The van der Waals surface area contributed by atoms with Gasteiger partial charge in [-0.25, -0.2) is 4.98 Å². The van der Waals surface area contributed by atoms with Gasteiger partial charge in [-0.2, -0.15) is 5.26 Å². The number of hydrogen-bond donors (Lipinski definition) is 0. The van der Waals surface area contributed by atoms with Gasteiger partial charge in [0.25, 0.3) is 0 Å². The van der Waals surface area contributed by atoms with Crippen LogP contribution in [0, 0.1) is 18.3 Å². The van der Waals surface area contributed by atoms with E-state index in [4.69, 9.17) is 9.64 Å². The van der Waals surface area contributed by atoms with Crippen LogP contribution >= 0.6 is 0 Å². The highest BCUT2D eigenvalue weighted by molar-refractivity contribution is 6.00. The highest BCUT2D eigenvalue weighted by Crippen LogP contribution is 2.33. The predicted octanol–water partition coefficient (Wildman–Crippen LogP) is 2.55. The number of nitriles is 1. The number of hydrogen-bond acceptors (Lipinski definition) is 4. The van der Waals surface area contributed by atoms with Gasteiger partial charge in [-0.15, -0.1) is 0 Å². The fourth-order valence-corrected chi connectivity index (χ4v) is 2.13. The van der Waals surface area contributed by atoms with Crippen molar-refractivity contribution >= 4 is 8.05 Å². The molecule has 2 rings (SSSR count). The Morgan fingerprint density at radius 3 is 2.62 bits per heavy atom. The molecule has 0 saturated heterocycles. The van der Waals surface area contributed by atoms with Crippen LogP contribution in [-0.4, -0.2) is 18.0 Å². The van der Waals surface area contributed by atoms with Crippen molar-refractivity contribution in [2.75, 3.05) is 0 Å². The zero-order valence-corrected chi connectivity index (χ0v) is 13.1. The van der Waals surface area contributed by atoms with Gasteiger partial charge in [-0.1, -0.05) is 20.8 Å². The fourth-order valence-electron chi connectivity index (χ4n) is 2.13. The summed E-state index contributed by atoms with van der Waals surface area (Å²) in [5.74, 6) is 0.479. The summed E-state index contributed by atoms with van der Waals surface area (Å²) < 4.78 is 5.30. The lowest BCUT2D eigenvalue weighted by Gasteiger charge is -2.20. The van der Waals surface area contributed by atoms with Crippen LogP contribution in [0.1, 0.15) is 37.6 Å². The number of aryl methyl sites for hydroxylation is 1. The maximum atomic E-state index is 9.47. The number of pyridine rings is 2. The summed E-state index contributed by atoms with van der Waals surface area (Å²) in [5, 5.41) is 9.47. The van der Waals surface area contributed by atoms with Gasteiger partial charge in [-0.3, -0.25) is 4.98 Å². The second-order valence-electron chi connectivity index (χ2n) is 5.97. The molecule has 2 aromatic rings. The van der Waals surface area contributed by atoms with E-state index in [9.17, 15) is 5.26 Å². The molecule has 0 fully saturated rings. The molecule has 0 radical (unpaired) electrons.